The molecule has 0 heterocycles. The lowest BCUT2D eigenvalue weighted by Gasteiger charge is -2.09. The molecule has 84 valence electrons. The second kappa shape index (κ2) is 5.70. The first kappa shape index (κ1) is 12.8. The van der Waals surface area contributed by atoms with E-state index in [4.69, 9.17) is 14.7 Å². The van der Waals surface area contributed by atoms with Crippen molar-refractivity contribution in [3.8, 4) is 11.8 Å². The number of nitriles is 1. The molecule has 16 heavy (non-hydrogen) atoms. The maximum Gasteiger partial charge on any atom is 0.341 e. The smallest absolute Gasteiger partial charge is 0.341 e. The first-order valence-electron chi connectivity index (χ1n) is 4.58. The van der Waals surface area contributed by atoms with Gasteiger partial charge in [-0.05, 0) is 41.6 Å². The van der Waals surface area contributed by atoms with Crippen LogP contribution in [0.25, 0.3) is 0 Å². The van der Waals surface area contributed by atoms with Crippen LogP contribution in [-0.2, 0) is 4.74 Å². The SMILES string of the molecule is CCOC(=O)c1cc(C#N)c(I)cc1OC. The third kappa shape index (κ3) is 2.64. The van der Waals surface area contributed by atoms with E-state index >= 15 is 0 Å². The van der Waals surface area contributed by atoms with Gasteiger partial charge in [0, 0.05) is 3.57 Å². The molecule has 0 aliphatic heterocycles. The number of rotatable bonds is 3. The quantitative estimate of drug-likeness (QED) is 0.630. The second-order valence-corrected chi connectivity index (χ2v) is 4.03. The standard InChI is InChI=1S/C11H10INO3/c1-3-16-11(14)8-4-7(6-13)9(12)5-10(8)15-2/h4-5H,3H2,1-2H3. The number of carbonyl (C=O) groups is 1. The first-order chi connectivity index (χ1) is 7.63. The molecule has 0 atom stereocenters. The molecule has 0 radical (unpaired) electrons. The highest BCUT2D eigenvalue weighted by Crippen LogP contribution is 2.25. The Kier molecular flexibility index (Phi) is 4.55. The number of benzene rings is 1. The van der Waals surface area contributed by atoms with Gasteiger partial charge >= 0.3 is 5.97 Å². The Hall–Kier alpha value is -1.29. The third-order valence-corrected chi connectivity index (χ3v) is 2.80. The lowest BCUT2D eigenvalue weighted by molar-refractivity contribution is 0.0522. The van der Waals surface area contributed by atoms with E-state index < -0.39 is 5.97 Å². The van der Waals surface area contributed by atoms with Crippen molar-refractivity contribution in [3.63, 3.8) is 0 Å². The molecule has 0 saturated carbocycles. The van der Waals surface area contributed by atoms with Crippen LogP contribution in [0, 0.1) is 14.9 Å². The van der Waals surface area contributed by atoms with Crippen molar-refractivity contribution >= 4 is 28.6 Å². The molecule has 0 aromatic heterocycles. The zero-order chi connectivity index (χ0) is 12.1. The molecule has 4 nitrogen and oxygen atoms in total. The van der Waals surface area contributed by atoms with Crippen LogP contribution in [0.1, 0.15) is 22.8 Å². The van der Waals surface area contributed by atoms with Gasteiger partial charge in [0.1, 0.15) is 17.4 Å². The summed E-state index contributed by atoms with van der Waals surface area (Å²) in [6.07, 6.45) is 0. The minimum absolute atomic E-state index is 0.279. The topological polar surface area (TPSA) is 59.3 Å². The van der Waals surface area contributed by atoms with Gasteiger partial charge in [-0.2, -0.15) is 5.26 Å². The Morgan fingerprint density at radius 2 is 2.25 bits per heavy atom. The summed E-state index contributed by atoms with van der Waals surface area (Å²) < 4.78 is 10.7. The highest BCUT2D eigenvalue weighted by atomic mass is 127. The Bertz CT molecular complexity index is 451. The molecule has 0 N–H and O–H groups in total. The fraction of sp³-hybridized carbons (Fsp3) is 0.273. The Labute approximate surface area is 107 Å². The van der Waals surface area contributed by atoms with Gasteiger partial charge in [0.15, 0.2) is 0 Å². The van der Waals surface area contributed by atoms with E-state index in [0.29, 0.717) is 11.3 Å². The van der Waals surface area contributed by atoms with Crippen LogP contribution in [0.3, 0.4) is 0 Å². The normalized spacial score (nSPS) is 9.38. The van der Waals surface area contributed by atoms with E-state index in [-0.39, 0.29) is 12.2 Å². The molecule has 0 amide bonds. The summed E-state index contributed by atoms with van der Waals surface area (Å²) in [5.74, 6) is -0.0610. The van der Waals surface area contributed by atoms with Crippen LogP contribution in [0.2, 0.25) is 0 Å². The van der Waals surface area contributed by atoms with Gasteiger partial charge < -0.3 is 9.47 Å². The average Bonchev–Trinajstić information content (AvgIpc) is 2.28. The van der Waals surface area contributed by atoms with E-state index in [9.17, 15) is 4.79 Å². The van der Waals surface area contributed by atoms with Crippen molar-refractivity contribution in [2.45, 2.75) is 6.92 Å². The molecule has 5 heteroatoms. The summed E-state index contributed by atoms with van der Waals surface area (Å²) in [6, 6.07) is 5.14. The predicted molar refractivity (Wildman–Crippen MR) is 66.4 cm³/mol. The minimum Gasteiger partial charge on any atom is -0.496 e. The minimum atomic E-state index is -0.479. The molecule has 0 aliphatic carbocycles. The molecule has 0 fully saturated rings. The molecular formula is C11H10INO3. The monoisotopic (exact) mass is 331 g/mol. The molecule has 0 unspecified atom stereocenters. The Morgan fingerprint density at radius 1 is 1.56 bits per heavy atom. The van der Waals surface area contributed by atoms with Gasteiger partial charge in [0.25, 0.3) is 0 Å². The van der Waals surface area contributed by atoms with Crippen LogP contribution in [-0.4, -0.2) is 19.7 Å². The fourth-order valence-electron chi connectivity index (χ4n) is 1.18. The number of carbonyl (C=O) groups excluding carboxylic acids is 1. The Balaban J connectivity index is 3.26. The fourth-order valence-corrected chi connectivity index (χ4v) is 1.74. The van der Waals surface area contributed by atoms with Crippen molar-refractivity contribution < 1.29 is 14.3 Å². The van der Waals surface area contributed by atoms with Crippen molar-refractivity contribution in [2.75, 3.05) is 13.7 Å². The largest absolute Gasteiger partial charge is 0.496 e. The molecule has 0 spiro atoms. The van der Waals surface area contributed by atoms with Crippen molar-refractivity contribution in [2.24, 2.45) is 0 Å². The van der Waals surface area contributed by atoms with Gasteiger partial charge in [-0.3, -0.25) is 0 Å². The molecule has 0 saturated heterocycles. The molecule has 1 rings (SSSR count). The molecule has 0 bridgehead atoms. The molecule has 1 aromatic rings. The number of ether oxygens (including phenoxy) is 2. The van der Waals surface area contributed by atoms with Gasteiger partial charge in [0.2, 0.25) is 0 Å². The molecular weight excluding hydrogens is 321 g/mol. The van der Waals surface area contributed by atoms with Gasteiger partial charge in [-0.1, -0.05) is 0 Å². The maximum absolute atomic E-state index is 11.6. The van der Waals surface area contributed by atoms with Crippen molar-refractivity contribution in [1.82, 2.24) is 0 Å². The van der Waals surface area contributed by atoms with E-state index in [1.165, 1.54) is 13.2 Å². The summed E-state index contributed by atoms with van der Waals surface area (Å²) >= 11 is 2.02. The van der Waals surface area contributed by atoms with Crippen LogP contribution in [0.4, 0.5) is 0 Å². The number of methoxy groups -OCH3 is 1. The van der Waals surface area contributed by atoms with Crippen molar-refractivity contribution in [1.29, 1.82) is 5.26 Å². The summed E-state index contributed by atoms with van der Waals surface area (Å²) in [7, 11) is 1.47. The van der Waals surface area contributed by atoms with Crippen molar-refractivity contribution in [3.05, 3.63) is 26.8 Å². The average molecular weight is 331 g/mol. The number of nitrogens with zero attached hydrogens (tertiary/aromatic N) is 1. The van der Waals surface area contributed by atoms with Gasteiger partial charge in [-0.25, -0.2) is 4.79 Å². The number of hydrogen-bond donors (Lipinski definition) is 0. The van der Waals surface area contributed by atoms with E-state index in [1.54, 1.807) is 13.0 Å². The highest BCUT2D eigenvalue weighted by molar-refractivity contribution is 14.1. The predicted octanol–water partition coefficient (Wildman–Crippen LogP) is 2.35. The summed E-state index contributed by atoms with van der Waals surface area (Å²) in [5.41, 5.74) is 0.714. The highest BCUT2D eigenvalue weighted by Gasteiger charge is 2.16. The van der Waals surface area contributed by atoms with E-state index in [1.807, 2.05) is 28.7 Å². The van der Waals surface area contributed by atoms with Gasteiger partial charge in [0.05, 0.1) is 19.3 Å². The summed E-state index contributed by atoms with van der Waals surface area (Å²) in [6.45, 7) is 2.01. The third-order valence-electron chi connectivity index (χ3n) is 1.90. The van der Waals surface area contributed by atoms with E-state index in [2.05, 4.69) is 0 Å². The van der Waals surface area contributed by atoms with Crippen LogP contribution in [0.15, 0.2) is 12.1 Å². The lowest BCUT2D eigenvalue weighted by atomic mass is 10.1. The van der Waals surface area contributed by atoms with Crippen LogP contribution in [0.5, 0.6) is 5.75 Å². The lowest BCUT2D eigenvalue weighted by Crippen LogP contribution is -2.07. The van der Waals surface area contributed by atoms with E-state index in [0.717, 1.165) is 3.57 Å². The van der Waals surface area contributed by atoms with Crippen LogP contribution < -0.4 is 4.74 Å². The molecule has 1 aromatic carbocycles. The zero-order valence-electron chi connectivity index (χ0n) is 8.91. The number of halogens is 1. The second-order valence-electron chi connectivity index (χ2n) is 2.86. The summed E-state index contributed by atoms with van der Waals surface area (Å²) in [4.78, 5) is 11.6. The summed E-state index contributed by atoms with van der Waals surface area (Å²) in [5, 5.41) is 8.87. The van der Waals surface area contributed by atoms with Gasteiger partial charge in [-0.15, -0.1) is 0 Å². The zero-order valence-corrected chi connectivity index (χ0v) is 11.1. The van der Waals surface area contributed by atoms with Crippen LogP contribution >= 0.6 is 22.6 Å². The maximum atomic E-state index is 11.6. The number of esters is 1. The molecule has 0 aliphatic rings. The Morgan fingerprint density at radius 3 is 2.75 bits per heavy atom. The first-order valence-corrected chi connectivity index (χ1v) is 5.66. The number of hydrogen-bond acceptors (Lipinski definition) is 4.